The number of rotatable bonds is 36. The molecule has 2 rings (SSSR count). The molecule has 2 amide bonds. The third-order valence-corrected chi connectivity index (χ3v) is 11.8. The molecule has 0 radical (unpaired) electrons. The minimum atomic E-state index is -1.47. The van der Waals surface area contributed by atoms with E-state index in [1.807, 2.05) is 30.3 Å². The summed E-state index contributed by atoms with van der Waals surface area (Å²) in [7, 11) is 0. The lowest BCUT2D eigenvalue weighted by molar-refractivity contribution is -0.230. The summed E-state index contributed by atoms with van der Waals surface area (Å²) in [6.07, 6.45) is 30.4. The first kappa shape index (κ1) is 50.9. The Balaban J connectivity index is 1.87. The topological polar surface area (TPSA) is 129 Å². The van der Waals surface area contributed by atoms with E-state index < -0.39 is 43.3 Å². The largest absolute Gasteiger partial charge is 0.445 e. The third kappa shape index (κ3) is 23.8. The molecular formula is C48H86N2O7. The number of ether oxygens (including phenoxy) is 2. The summed E-state index contributed by atoms with van der Waals surface area (Å²) in [5.74, 6) is -0.103. The maximum Gasteiger partial charge on any atom is 0.407 e. The highest BCUT2D eigenvalue weighted by Gasteiger charge is 2.48. The van der Waals surface area contributed by atoms with Crippen molar-refractivity contribution >= 4 is 12.0 Å². The van der Waals surface area contributed by atoms with Crippen LogP contribution in [0.15, 0.2) is 30.3 Å². The molecule has 0 spiro atoms. The van der Waals surface area contributed by atoms with Gasteiger partial charge in [-0.3, -0.25) is 4.79 Å². The molecule has 4 N–H and O–H groups in total. The van der Waals surface area contributed by atoms with Crippen molar-refractivity contribution in [2.75, 3.05) is 13.2 Å². The van der Waals surface area contributed by atoms with Crippen molar-refractivity contribution in [2.24, 2.45) is 0 Å². The monoisotopic (exact) mass is 803 g/mol. The van der Waals surface area contributed by atoms with Gasteiger partial charge in [-0.15, -0.1) is 0 Å². The number of aliphatic hydroxyl groups is 3. The fourth-order valence-electron chi connectivity index (χ4n) is 8.08. The van der Waals surface area contributed by atoms with Crippen LogP contribution in [0.1, 0.15) is 212 Å². The highest BCUT2D eigenvalue weighted by molar-refractivity contribution is 5.76. The number of alkyl carbamates (subject to hydrolysis) is 1. The molecule has 1 aromatic carbocycles. The third-order valence-electron chi connectivity index (χ3n) is 11.8. The minimum absolute atomic E-state index is 0.0315. The number of aliphatic hydroxyl groups excluding tert-OH is 3. The van der Waals surface area contributed by atoms with Crippen LogP contribution in [-0.2, 0) is 20.9 Å². The summed E-state index contributed by atoms with van der Waals surface area (Å²) in [5.41, 5.74) is 0.808. The second-order valence-corrected chi connectivity index (χ2v) is 16.8. The van der Waals surface area contributed by atoms with E-state index in [4.69, 9.17) is 9.47 Å². The zero-order valence-corrected chi connectivity index (χ0v) is 36.5. The minimum Gasteiger partial charge on any atom is -0.445 e. The number of nitrogens with zero attached hydrogens (tertiary/aromatic N) is 1. The molecule has 0 aromatic heterocycles. The zero-order valence-electron chi connectivity index (χ0n) is 36.5. The van der Waals surface area contributed by atoms with Gasteiger partial charge in [-0.25, -0.2) is 4.79 Å². The predicted molar refractivity (Wildman–Crippen MR) is 233 cm³/mol. The number of unbranched alkanes of at least 4 members (excludes halogenated alkanes) is 27. The van der Waals surface area contributed by atoms with E-state index >= 15 is 0 Å². The highest BCUT2D eigenvalue weighted by atomic mass is 16.6. The second kappa shape index (κ2) is 34.6. The second-order valence-electron chi connectivity index (χ2n) is 16.8. The highest BCUT2D eigenvalue weighted by Crippen LogP contribution is 2.26. The Morgan fingerprint density at radius 1 is 0.614 bits per heavy atom. The molecule has 0 saturated carbocycles. The van der Waals surface area contributed by atoms with Crippen molar-refractivity contribution in [3.63, 3.8) is 0 Å². The van der Waals surface area contributed by atoms with Gasteiger partial charge >= 0.3 is 6.09 Å². The van der Waals surface area contributed by atoms with Crippen molar-refractivity contribution in [3.8, 4) is 0 Å². The molecule has 0 bridgehead atoms. The van der Waals surface area contributed by atoms with Crippen LogP contribution < -0.4 is 5.32 Å². The van der Waals surface area contributed by atoms with Crippen LogP contribution in [0.25, 0.3) is 0 Å². The standard InChI is InChI=1S/C48H86N2O7/c1-3-5-7-9-11-13-15-17-18-19-21-23-25-27-29-34-38-50(43(52)37-33-28-26-24-22-20-16-14-12-10-8-6-4-2)47-44(46(54)45(53)42(39-51)57-47)49-48(55)56-40-41-35-31-30-32-36-41/h30-32,35-36,42,44-47,51,53-54H,3-29,33-34,37-40H2,1-2H3,(H,49,55)/t42-,44-,45-,46-,47-/m1/s1. The lowest BCUT2D eigenvalue weighted by Gasteiger charge is -2.46. The van der Waals surface area contributed by atoms with Gasteiger partial charge in [-0.1, -0.05) is 218 Å². The fraction of sp³-hybridized carbons (Fsp3) is 0.833. The Bertz CT molecular complexity index is 1090. The van der Waals surface area contributed by atoms with Gasteiger partial charge in [-0.2, -0.15) is 0 Å². The smallest absolute Gasteiger partial charge is 0.407 e. The molecule has 1 fully saturated rings. The quantitative estimate of drug-likeness (QED) is 0.0497. The molecule has 9 heteroatoms. The first-order valence-corrected chi connectivity index (χ1v) is 23.8. The zero-order chi connectivity index (χ0) is 41.2. The maximum atomic E-state index is 14.0. The van der Waals surface area contributed by atoms with Crippen LogP contribution in [0, 0.1) is 0 Å². The molecule has 0 aliphatic carbocycles. The average Bonchev–Trinajstić information content (AvgIpc) is 3.22. The van der Waals surface area contributed by atoms with Crippen LogP contribution in [0.3, 0.4) is 0 Å². The molecule has 9 nitrogen and oxygen atoms in total. The predicted octanol–water partition coefficient (Wildman–Crippen LogP) is 11.3. The van der Waals surface area contributed by atoms with Crippen LogP contribution >= 0.6 is 0 Å². The Hall–Kier alpha value is -2.20. The van der Waals surface area contributed by atoms with Gasteiger partial charge in [0.25, 0.3) is 0 Å². The van der Waals surface area contributed by atoms with Gasteiger partial charge < -0.3 is 35.0 Å². The number of benzene rings is 1. The summed E-state index contributed by atoms with van der Waals surface area (Å²) in [6, 6.07) is 8.15. The summed E-state index contributed by atoms with van der Waals surface area (Å²) in [5, 5.41) is 34.8. The van der Waals surface area contributed by atoms with Crippen molar-refractivity contribution in [1.82, 2.24) is 10.2 Å². The SMILES string of the molecule is CCCCCCCCCCCCCCCCCCN(C(=O)CCCCCCCCCCCCCCC)[C@@H]1O[C@H](CO)[C@@H](O)[C@H](O)[C@H]1NC(=O)OCc1ccccc1. The first-order chi connectivity index (χ1) is 27.9. The van der Waals surface area contributed by atoms with Gasteiger partial charge in [0.05, 0.1) is 6.61 Å². The molecular weight excluding hydrogens is 717 g/mol. The first-order valence-electron chi connectivity index (χ1n) is 23.8. The van der Waals surface area contributed by atoms with E-state index in [9.17, 15) is 24.9 Å². The van der Waals surface area contributed by atoms with E-state index in [2.05, 4.69) is 19.2 Å². The summed E-state index contributed by atoms with van der Waals surface area (Å²) in [4.78, 5) is 28.6. The molecule has 1 heterocycles. The Kier molecular flexibility index (Phi) is 31.0. The van der Waals surface area contributed by atoms with Crippen molar-refractivity contribution < 1.29 is 34.4 Å². The Morgan fingerprint density at radius 3 is 1.47 bits per heavy atom. The number of amides is 2. The average molecular weight is 803 g/mol. The van der Waals surface area contributed by atoms with Crippen molar-refractivity contribution in [2.45, 2.75) is 244 Å². The van der Waals surface area contributed by atoms with Gasteiger partial charge in [0, 0.05) is 13.0 Å². The van der Waals surface area contributed by atoms with Gasteiger partial charge in [0.15, 0.2) is 6.23 Å². The molecule has 1 aromatic rings. The van der Waals surface area contributed by atoms with Crippen LogP contribution in [0.5, 0.6) is 0 Å². The number of nitrogens with one attached hydrogen (secondary N) is 1. The normalized spacial score (nSPS) is 19.4. The van der Waals surface area contributed by atoms with E-state index in [0.29, 0.717) is 13.0 Å². The van der Waals surface area contributed by atoms with E-state index in [0.717, 1.165) is 44.1 Å². The van der Waals surface area contributed by atoms with Crippen molar-refractivity contribution in [3.05, 3.63) is 35.9 Å². The van der Waals surface area contributed by atoms with Crippen molar-refractivity contribution in [1.29, 1.82) is 0 Å². The molecule has 1 saturated heterocycles. The molecule has 57 heavy (non-hydrogen) atoms. The van der Waals surface area contributed by atoms with E-state index in [-0.39, 0.29) is 12.5 Å². The summed E-state index contributed by atoms with van der Waals surface area (Å²) < 4.78 is 11.6. The van der Waals surface area contributed by atoms with Gasteiger partial charge in [0.2, 0.25) is 5.91 Å². The fourth-order valence-corrected chi connectivity index (χ4v) is 8.08. The lowest BCUT2D eigenvalue weighted by Crippen LogP contribution is -2.68. The molecule has 1 aliphatic heterocycles. The van der Waals surface area contributed by atoms with Gasteiger partial charge in [-0.05, 0) is 18.4 Å². The lowest BCUT2D eigenvalue weighted by atomic mass is 9.95. The molecule has 0 unspecified atom stereocenters. The van der Waals surface area contributed by atoms with Crippen LogP contribution in [0.2, 0.25) is 0 Å². The Morgan fingerprint density at radius 2 is 1.04 bits per heavy atom. The summed E-state index contributed by atoms with van der Waals surface area (Å²) in [6.45, 7) is 4.43. The number of hydrogen-bond donors (Lipinski definition) is 4. The number of carbonyl (C=O) groups excluding carboxylic acids is 2. The van der Waals surface area contributed by atoms with Crippen LogP contribution in [-0.4, -0.2) is 76.0 Å². The molecule has 1 aliphatic rings. The number of carbonyl (C=O) groups is 2. The van der Waals surface area contributed by atoms with Crippen LogP contribution in [0.4, 0.5) is 4.79 Å². The maximum absolute atomic E-state index is 14.0. The Labute approximate surface area is 348 Å². The molecule has 5 atom stereocenters. The van der Waals surface area contributed by atoms with Gasteiger partial charge in [0.1, 0.15) is 31.0 Å². The number of hydrogen-bond acceptors (Lipinski definition) is 7. The summed E-state index contributed by atoms with van der Waals surface area (Å²) >= 11 is 0. The van der Waals surface area contributed by atoms with E-state index in [1.165, 1.54) is 148 Å². The molecule has 330 valence electrons. The van der Waals surface area contributed by atoms with E-state index in [1.54, 1.807) is 4.90 Å².